The molecule has 0 saturated carbocycles. The molecule has 2 aromatic rings. The molecule has 0 aliphatic heterocycles. The van der Waals surface area contributed by atoms with Gasteiger partial charge in [0.05, 0.1) is 0 Å². The van der Waals surface area contributed by atoms with E-state index in [1.165, 1.54) is 6.07 Å². The summed E-state index contributed by atoms with van der Waals surface area (Å²) in [5.41, 5.74) is 5.49. The molecule has 0 atom stereocenters. The highest BCUT2D eigenvalue weighted by Crippen LogP contribution is 2.22. The Kier molecular flexibility index (Phi) is 2.86. The third kappa shape index (κ3) is 2.87. The summed E-state index contributed by atoms with van der Waals surface area (Å²) in [4.78, 5) is 7.78. The number of anilines is 1. The van der Waals surface area contributed by atoms with Gasteiger partial charge in [0.1, 0.15) is 29.0 Å². The Labute approximate surface area is 96.1 Å². The summed E-state index contributed by atoms with van der Waals surface area (Å²) in [6.07, 6.45) is 0. The molecular formula is C11H9F2N3O. The summed E-state index contributed by atoms with van der Waals surface area (Å²) < 4.78 is 31.0. The smallest absolute Gasteiger partial charge is 0.224 e. The standard InChI is InChI=1S/C11H9F2N3O/c1-6-15-10(14)5-11(16-6)17-9-3-7(12)2-8(13)4-9/h2-5H,1H3,(H2,14,15,16). The van der Waals surface area contributed by atoms with Gasteiger partial charge in [-0.3, -0.25) is 0 Å². The van der Waals surface area contributed by atoms with Crippen LogP contribution in [0.2, 0.25) is 0 Å². The minimum absolute atomic E-state index is 0.0139. The summed E-state index contributed by atoms with van der Waals surface area (Å²) in [7, 11) is 0. The number of aryl methyl sites for hydroxylation is 1. The lowest BCUT2D eigenvalue weighted by Crippen LogP contribution is -1.98. The molecule has 0 unspecified atom stereocenters. The van der Waals surface area contributed by atoms with E-state index in [9.17, 15) is 8.78 Å². The van der Waals surface area contributed by atoms with Crippen molar-refractivity contribution in [3.8, 4) is 11.6 Å². The lowest BCUT2D eigenvalue weighted by Gasteiger charge is -2.06. The van der Waals surface area contributed by atoms with Gasteiger partial charge in [-0.1, -0.05) is 0 Å². The van der Waals surface area contributed by atoms with Crippen molar-refractivity contribution >= 4 is 5.82 Å². The molecule has 2 N–H and O–H groups in total. The quantitative estimate of drug-likeness (QED) is 0.871. The monoisotopic (exact) mass is 237 g/mol. The molecule has 6 heteroatoms. The number of rotatable bonds is 2. The first-order valence-corrected chi connectivity index (χ1v) is 4.78. The maximum atomic E-state index is 12.9. The van der Waals surface area contributed by atoms with Gasteiger partial charge in [0.15, 0.2) is 0 Å². The van der Waals surface area contributed by atoms with Crippen LogP contribution in [0, 0.1) is 18.6 Å². The van der Waals surface area contributed by atoms with E-state index in [4.69, 9.17) is 10.5 Å². The molecule has 17 heavy (non-hydrogen) atoms. The van der Waals surface area contributed by atoms with Gasteiger partial charge >= 0.3 is 0 Å². The largest absolute Gasteiger partial charge is 0.439 e. The summed E-state index contributed by atoms with van der Waals surface area (Å²) in [5.74, 6) is -0.654. The van der Waals surface area contributed by atoms with E-state index >= 15 is 0 Å². The van der Waals surface area contributed by atoms with Crippen molar-refractivity contribution in [1.29, 1.82) is 0 Å². The number of ether oxygens (including phenoxy) is 1. The number of benzene rings is 1. The minimum atomic E-state index is -0.723. The maximum absolute atomic E-state index is 12.9. The molecule has 88 valence electrons. The summed E-state index contributed by atoms with van der Waals surface area (Å²) in [6, 6.07) is 4.23. The topological polar surface area (TPSA) is 61.0 Å². The normalized spacial score (nSPS) is 10.3. The highest BCUT2D eigenvalue weighted by molar-refractivity contribution is 5.35. The van der Waals surface area contributed by atoms with Crippen LogP contribution in [0.3, 0.4) is 0 Å². The van der Waals surface area contributed by atoms with Gasteiger partial charge < -0.3 is 10.5 Å². The molecule has 1 heterocycles. The zero-order valence-corrected chi connectivity index (χ0v) is 8.95. The Morgan fingerprint density at radius 2 is 1.71 bits per heavy atom. The van der Waals surface area contributed by atoms with Crippen LogP contribution in [0.15, 0.2) is 24.3 Å². The summed E-state index contributed by atoms with van der Waals surface area (Å²) in [6.45, 7) is 1.63. The maximum Gasteiger partial charge on any atom is 0.224 e. The molecule has 0 saturated heterocycles. The number of nitrogens with two attached hydrogens (primary N) is 1. The van der Waals surface area contributed by atoms with E-state index in [1.807, 2.05) is 0 Å². The third-order valence-electron chi connectivity index (χ3n) is 1.89. The zero-order chi connectivity index (χ0) is 12.4. The first-order chi connectivity index (χ1) is 8.02. The summed E-state index contributed by atoms with van der Waals surface area (Å²) >= 11 is 0. The molecule has 0 spiro atoms. The molecule has 1 aromatic carbocycles. The molecule has 0 amide bonds. The number of hydrogen-bond acceptors (Lipinski definition) is 4. The predicted molar refractivity (Wildman–Crippen MR) is 57.6 cm³/mol. The first-order valence-electron chi connectivity index (χ1n) is 4.78. The number of nitrogen functional groups attached to an aromatic ring is 1. The van der Waals surface area contributed by atoms with Crippen molar-refractivity contribution in [1.82, 2.24) is 9.97 Å². The minimum Gasteiger partial charge on any atom is -0.439 e. The lowest BCUT2D eigenvalue weighted by molar-refractivity contribution is 0.449. The van der Waals surface area contributed by atoms with Crippen molar-refractivity contribution in [3.05, 3.63) is 41.7 Å². The van der Waals surface area contributed by atoms with Gasteiger partial charge in [-0.2, -0.15) is 4.98 Å². The number of hydrogen-bond donors (Lipinski definition) is 1. The van der Waals surface area contributed by atoms with Gasteiger partial charge in [-0.05, 0) is 6.92 Å². The van der Waals surface area contributed by atoms with E-state index in [2.05, 4.69) is 9.97 Å². The third-order valence-corrected chi connectivity index (χ3v) is 1.89. The first kappa shape index (κ1) is 11.3. The van der Waals surface area contributed by atoms with Gasteiger partial charge in [0.25, 0.3) is 0 Å². The second-order valence-corrected chi connectivity index (χ2v) is 3.39. The predicted octanol–water partition coefficient (Wildman–Crippen LogP) is 2.44. The van der Waals surface area contributed by atoms with Crippen LogP contribution in [0.25, 0.3) is 0 Å². The van der Waals surface area contributed by atoms with Crippen molar-refractivity contribution in [2.75, 3.05) is 5.73 Å². The molecule has 0 aliphatic carbocycles. The number of nitrogens with zero attached hydrogens (tertiary/aromatic N) is 2. The molecule has 0 radical (unpaired) electrons. The van der Waals surface area contributed by atoms with E-state index in [0.29, 0.717) is 5.82 Å². The summed E-state index contributed by atoms with van der Waals surface area (Å²) in [5, 5.41) is 0. The number of halogens is 2. The van der Waals surface area contributed by atoms with Gasteiger partial charge in [-0.15, -0.1) is 0 Å². The fraction of sp³-hybridized carbons (Fsp3) is 0.0909. The van der Waals surface area contributed by atoms with Crippen molar-refractivity contribution in [2.45, 2.75) is 6.92 Å². The van der Waals surface area contributed by atoms with Gasteiger partial charge in [-0.25, -0.2) is 13.8 Å². The van der Waals surface area contributed by atoms with Crippen LogP contribution in [0.5, 0.6) is 11.6 Å². The fourth-order valence-corrected chi connectivity index (χ4v) is 1.32. The lowest BCUT2D eigenvalue weighted by atomic mass is 10.3. The molecular weight excluding hydrogens is 228 g/mol. The van der Waals surface area contributed by atoms with E-state index in [-0.39, 0.29) is 17.4 Å². The van der Waals surface area contributed by atoms with Crippen LogP contribution in [0.1, 0.15) is 5.82 Å². The molecule has 2 rings (SSSR count). The highest BCUT2D eigenvalue weighted by Gasteiger charge is 2.05. The van der Waals surface area contributed by atoms with E-state index in [0.717, 1.165) is 18.2 Å². The second kappa shape index (κ2) is 4.32. The van der Waals surface area contributed by atoms with Crippen LogP contribution in [-0.4, -0.2) is 9.97 Å². The Morgan fingerprint density at radius 1 is 1.06 bits per heavy atom. The van der Waals surface area contributed by atoms with Crippen LogP contribution < -0.4 is 10.5 Å². The SMILES string of the molecule is Cc1nc(N)cc(Oc2cc(F)cc(F)c2)n1. The average Bonchev–Trinajstić information content (AvgIpc) is 2.13. The molecule has 1 aromatic heterocycles. The van der Waals surface area contributed by atoms with E-state index in [1.54, 1.807) is 6.92 Å². The van der Waals surface area contributed by atoms with Gasteiger partial charge in [0.2, 0.25) is 5.88 Å². The van der Waals surface area contributed by atoms with E-state index < -0.39 is 11.6 Å². The van der Waals surface area contributed by atoms with Crippen molar-refractivity contribution in [3.63, 3.8) is 0 Å². The van der Waals surface area contributed by atoms with Crippen LogP contribution in [0.4, 0.5) is 14.6 Å². The van der Waals surface area contributed by atoms with Crippen molar-refractivity contribution < 1.29 is 13.5 Å². The molecule has 0 aliphatic rings. The Bertz CT molecular complexity index is 470. The average molecular weight is 237 g/mol. The van der Waals surface area contributed by atoms with Gasteiger partial charge in [0, 0.05) is 24.3 Å². The Morgan fingerprint density at radius 3 is 2.29 bits per heavy atom. The zero-order valence-electron chi connectivity index (χ0n) is 8.95. The van der Waals surface area contributed by atoms with Crippen LogP contribution >= 0.6 is 0 Å². The molecule has 0 bridgehead atoms. The van der Waals surface area contributed by atoms with Crippen molar-refractivity contribution in [2.24, 2.45) is 0 Å². The Balaban J connectivity index is 2.31. The van der Waals surface area contributed by atoms with Crippen LogP contribution in [-0.2, 0) is 0 Å². The second-order valence-electron chi connectivity index (χ2n) is 3.39. The number of aromatic nitrogens is 2. The fourth-order valence-electron chi connectivity index (χ4n) is 1.32. The molecule has 0 fully saturated rings. The highest BCUT2D eigenvalue weighted by atomic mass is 19.1. The molecule has 4 nitrogen and oxygen atoms in total. The Hall–Kier alpha value is -2.24.